The largest absolute Gasteiger partial charge is 0.507 e. The Kier molecular flexibility index (Phi) is 6.03. The van der Waals surface area contributed by atoms with Gasteiger partial charge in [0.05, 0.1) is 16.5 Å². The van der Waals surface area contributed by atoms with Gasteiger partial charge >= 0.3 is 0 Å². The van der Waals surface area contributed by atoms with Crippen LogP contribution >= 0.6 is 11.6 Å². The highest BCUT2D eigenvalue weighted by Crippen LogP contribution is 2.40. The summed E-state index contributed by atoms with van der Waals surface area (Å²) in [5, 5.41) is 23.7. The van der Waals surface area contributed by atoms with Crippen LogP contribution in [0.5, 0.6) is 0 Å². The van der Waals surface area contributed by atoms with E-state index in [1.807, 2.05) is 30.5 Å². The molecule has 0 spiro atoms. The highest BCUT2D eigenvalue weighted by atomic mass is 35.5. The van der Waals surface area contributed by atoms with Crippen molar-refractivity contribution in [2.45, 2.75) is 12.5 Å². The maximum atomic E-state index is 13.2. The molecule has 0 radical (unpaired) electrons. The topological polar surface area (TPSA) is 117 Å². The molecular formula is C27H20ClN3O5. The molecule has 0 saturated carbocycles. The zero-order valence-electron chi connectivity index (χ0n) is 18.8. The fourth-order valence-electron chi connectivity index (χ4n) is 4.58. The number of nitro groups is 1. The lowest BCUT2D eigenvalue weighted by molar-refractivity contribution is -0.384. The molecule has 4 aromatic rings. The van der Waals surface area contributed by atoms with Crippen LogP contribution in [-0.4, -0.2) is 38.1 Å². The normalized spacial score (nSPS) is 17.1. The number of benzene rings is 3. The zero-order valence-corrected chi connectivity index (χ0v) is 19.6. The number of para-hydroxylation sites is 1. The van der Waals surface area contributed by atoms with E-state index < -0.39 is 22.7 Å². The SMILES string of the molecule is O=C1C(=O)N(CCc2c[nH]c3ccccc23)C(c2ccc([N+](=O)[O-])cc2)/C1=C(/O)c1ccc(Cl)cc1. The van der Waals surface area contributed by atoms with Crippen molar-refractivity contribution in [3.05, 3.63) is 116 Å². The summed E-state index contributed by atoms with van der Waals surface area (Å²) in [5.41, 5.74) is 2.56. The summed E-state index contributed by atoms with van der Waals surface area (Å²) in [5.74, 6) is -1.89. The van der Waals surface area contributed by atoms with E-state index >= 15 is 0 Å². The lowest BCUT2D eigenvalue weighted by Gasteiger charge is -2.25. The van der Waals surface area contributed by atoms with Crippen molar-refractivity contribution in [2.75, 3.05) is 6.54 Å². The molecule has 1 saturated heterocycles. The summed E-state index contributed by atoms with van der Waals surface area (Å²) >= 11 is 5.96. The second-order valence-electron chi connectivity index (χ2n) is 8.46. The number of likely N-dealkylation sites (tertiary alicyclic amines) is 1. The Morgan fingerprint density at radius 3 is 2.42 bits per heavy atom. The van der Waals surface area contributed by atoms with Crippen LogP contribution in [0.25, 0.3) is 16.7 Å². The van der Waals surface area contributed by atoms with Crippen molar-refractivity contribution in [2.24, 2.45) is 0 Å². The molecule has 2 heterocycles. The Hall–Kier alpha value is -4.43. The number of aliphatic hydroxyl groups is 1. The van der Waals surface area contributed by atoms with Crippen molar-refractivity contribution in [3.63, 3.8) is 0 Å². The summed E-state index contributed by atoms with van der Waals surface area (Å²) in [6.07, 6.45) is 2.33. The number of non-ortho nitro benzene ring substituents is 1. The fourth-order valence-corrected chi connectivity index (χ4v) is 4.70. The van der Waals surface area contributed by atoms with E-state index in [2.05, 4.69) is 4.98 Å². The Morgan fingerprint density at radius 1 is 1.03 bits per heavy atom. The van der Waals surface area contributed by atoms with Gasteiger partial charge < -0.3 is 15.0 Å². The Balaban J connectivity index is 1.57. The molecule has 0 aliphatic carbocycles. The van der Waals surface area contributed by atoms with Gasteiger partial charge in [-0.2, -0.15) is 0 Å². The highest BCUT2D eigenvalue weighted by Gasteiger charge is 2.46. The molecule has 2 N–H and O–H groups in total. The Bertz CT molecular complexity index is 1520. The van der Waals surface area contributed by atoms with Gasteiger partial charge in [-0.15, -0.1) is 0 Å². The van der Waals surface area contributed by atoms with E-state index in [0.29, 0.717) is 22.6 Å². The quantitative estimate of drug-likeness (QED) is 0.121. The fraction of sp³-hybridized carbons (Fsp3) is 0.111. The van der Waals surface area contributed by atoms with Crippen molar-refractivity contribution in [3.8, 4) is 0 Å². The molecule has 1 aromatic heterocycles. The second-order valence-corrected chi connectivity index (χ2v) is 8.89. The van der Waals surface area contributed by atoms with Crippen LogP contribution in [0, 0.1) is 10.1 Å². The van der Waals surface area contributed by atoms with E-state index in [0.717, 1.165) is 16.5 Å². The molecule has 1 aliphatic rings. The summed E-state index contributed by atoms with van der Waals surface area (Å²) < 4.78 is 0. The molecule has 9 heteroatoms. The van der Waals surface area contributed by atoms with Gasteiger partial charge in [0.25, 0.3) is 17.4 Å². The van der Waals surface area contributed by atoms with Crippen molar-refractivity contribution < 1.29 is 19.6 Å². The van der Waals surface area contributed by atoms with Gasteiger partial charge in [-0.25, -0.2) is 0 Å². The van der Waals surface area contributed by atoms with Gasteiger partial charge in [-0.05, 0) is 60.0 Å². The number of nitrogens with one attached hydrogen (secondary N) is 1. The summed E-state index contributed by atoms with van der Waals surface area (Å²) in [6, 6.07) is 18.8. The van der Waals surface area contributed by atoms with Crippen LogP contribution in [0.1, 0.15) is 22.7 Å². The van der Waals surface area contributed by atoms with E-state index in [9.17, 15) is 24.8 Å². The van der Waals surface area contributed by atoms with Crippen molar-refractivity contribution in [1.29, 1.82) is 0 Å². The van der Waals surface area contributed by atoms with Crippen LogP contribution in [0.4, 0.5) is 5.69 Å². The average Bonchev–Trinajstić information content (AvgIpc) is 3.41. The van der Waals surface area contributed by atoms with Gasteiger partial charge in [-0.3, -0.25) is 19.7 Å². The van der Waals surface area contributed by atoms with E-state index in [1.54, 1.807) is 24.3 Å². The minimum atomic E-state index is -0.910. The predicted molar refractivity (Wildman–Crippen MR) is 136 cm³/mol. The van der Waals surface area contributed by atoms with Crippen LogP contribution in [0.2, 0.25) is 5.02 Å². The summed E-state index contributed by atoms with van der Waals surface area (Å²) in [6.45, 7) is 0.200. The van der Waals surface area contributed by atoms with E-state index in [4.69, 9.17) is 11.6 Å². The molecule has 1 amide bonds. The molecular weight excluding hydrogens is 482 g/mol. The number of halogens is 1. The number of rotatable bonds is 6. The number of aromatic nitrogens is 1. The number of H-pyrrole nitrogens is 1. The van der Waals surface area contributed by atoms with Gasteiger partial charge in [0.1, 0.15) is 5.76 Å². The first-order valence-electron chi connectivity index (χ1n) is 11.2. The highest BCUT2D eigenvalue weighted by molar-refractivity contribution is 6.46. The number of aromatic amines is 1. The number of carbonyl (C=O) groups is 2. The first kappa shape index (κ1) is 23.3. The minimum absolute atomic E-state index is 0.0740. The number of nitro benzene ring substituents is 1. The average molecular weight is 502 g/mol. The van der Waals surface area contributed by atoms with Gasteiger partial charge in [0.15, 0.2) is 0 Å². The smallest absolute Gasteiger partial charge is 0.295 e. The first-order valence-corrected chi connectivity index (χ1v) is 11.6. The van der Waals surface area contributed by atoms with Gasteiger partial charge in [0, 0.05) is 46.4 Å². The summed E-state index contributed by atoms with van der Waals surface area (Å²) in [7, 11) is 0. The second kappa shape index (κ2) is 9.31. The molecule has 1 fully saturated rings. The monoisotopic (exact) mass is 501 g/mol. The van der Waals surface area contributed by atoms with E-state index in [1.165, 1.54) is 29.2 Å². The molecule has 1 atom stereocenters. The molecule has 1 aliphatic heterocycles. The molecule has 8 nitrogen and oxygen atoms in total. The number of ketones is 1. The molecule has 0 bridgehead atoms. The third kappa shape index (κ3) is 4.12. The van der Waals surface area contributed by atoms with Gasteiger partial charge in [-0.1, -0.05) is 29.8 Å². The van der Waals surface area contributed by atoms with Crippen LogP contribution in [0.3, 0.4) is 0 Å². The standard InChI is InChI=1S/C27H20ClN3O5/c28-19-9-5-17(6-10-19)25(32)23-24(16-7-11-20(12-8-16)31(35)36)30(27(34)26(23)33)14-13-18-15-29-22-4-2-1-3-21(18)22/h1-12,15,24,29,32H,13-14H2/b25-23-. The lowest BCUT2D eigenvalue weighted by Crippen LogP contribution is -2.31. The first-order chi connectivity index (χ1) is 17.3. The molecule has 3 aromatic carbocycles. The van der Waals surface area contributed by atoms with Crippen molar-refractivity contribution in [1.82, 2.24) is 9.88 Å². The van der Waals surface area contributed by atoms with E-state index in [-0.39, 0.29) is 23.6 Å². The van der Waals surface area contributed by atoms with Crippen LogP contribution in [0.15, 0.2) is 84.6 Å². The number of Topliss-reactive ketones (excluding diaryl/α,β-unsaturated/α-hetero) is 1. The molecule has 5 rings (SSSR count). The molecule has 180 valence electrons. The van der Waals surface area contributed by atoms with Gasteiger partial charge in [0.2, 0.25) is 0 Å². The number of fused-ring (bicyclic) bond motifs is 1. The number of amides is 1. The number of hydrogen-bond acceptors (Lipinski definition) is 5. The van der Waals surface area contributed by atoms with Crippen LogP contribution in [-0.2, 0) is 16.0 Å². The zero-order chi connectivity index (χ0) is 25.4. The minimum Gasteiger partial charge on any atom is -0.507 e. The summed E-state index contributed by atoms with van der Waals surface area (Å²) in [4.78, 5) is 41.6. The number of carbonyl (C=O) groups excluding carboxylic acids is 2. The maximum absolute atomic E-state index is 13.2. The van der Waals surface area contributed by atoms with Crippen LogP contribution < -0.4 is 0 Å². The predicted octanol–water partition coefficient (Wildman–Crippen LogP) is 5.39. The maximum Gasteiger partial charge on any atom is 0.295 e. The molecule has 36 heavy (non-hydrogen) atoms. The third-order valence-electron chi connectivity index (χ3n) is 6.37. The number of aliphatic hydroxyl groups excluding tert-OH is 1. The lowest BCUT2D eigenvalue weighted by atomic mass is 9.95. The molecule has 1 unspecified atom stereocenters. The number of nitrogens with zero attached hydrogens (tertiary/aromatic N) is 2. The number of hydrogen-bond donors (Lipinski definition) is 2. The Morgan fingerprint density at radius 2 is 1.72 bits per heavy atom. The Labute approximate surface area is 210 Å². The van der Waals surface area contributed by atoms with Crippen molar-refractivity contribution >= 4 is 45.6 Å². The third-order valence-corrected chi connectivity index (χ3v) is 6.63.